The smallest absolute Gasteiger partial charge is 0.168 e. The quantitative estimate of drug-likeness (QED) is 0.618. The summed E-state index contributed by atoms with van der Waals surface area (Å²) in [5.41, 5.74) is -0.481. The molecule has 1 aromatic heterocycles. The van der Waals surface area contributed by atoms with Crippen molar-refractivity contribution >= 4 is 15.9 Å². The fourth-order valence-corrected chi connectivity index (χ4v) is 3.64. The molecule has 3 aromatic rings. The van der Waals surface area contributed by atoms with E-state index in [9.17, 15) is 22.3 Å². The van der Waals surface area contributed by atoms with Crippen LogP contribution >= 0.6 is 0 Å². The molecule has 0 fully saturated rings. The van der Waals surface area contributed by atoms with Crippen LogP contribution in [0.5, 0.6) is 0 Å². The average Bonchev–Trinajstić information content (AvgIpc) is 3.18. The molecule has 0 saturated heterocycles. The highest BCUT2D eigenvalue weighted by Gasteiger charge is 2.39. The van der Waals surface area contributed by atoms with E-state index < -0.39 is 33.0 Å². The van der Waals surface area contributed by atoms with Crippen molar-refractivity contribution < 1.29 is 22.3 Å². The van der Waals surface area contributed by atoms with Crippen molar-refractivity contribution in [2.45, 2.75) is 25.0 Å². The number of benzene rings is 2. The Labute approximate surface area is 173 Å². The lowest BCUT2D eigenvalue weighted by Gasteiger charge is -2.35. The van der Waals surface area contributed by atoms with Gasteiger partial charge in [-0.15, -0.1) is 0 Å². The van der Waals surface area contributed by atoms with Crippen LogP contribution in [-0.2, 0) is 22.0 Å². The van der Waals surface area contributed by atoms with Crippen LogP contribution in [0.25, 0.3) is 6.08 Å². The largest absolute Gasteiger partial charge is 0.382 e. The first-order valence-corrected chi connectivity index (χ1v) is 11.0. The van der Waals surface area contributed by atoms with Crippen molar-refractivity contribution in [2.75, 3.05) is 6.26 Å². The highest BCUT2D eigenvalue weighted by atomic mass is 32.2. The van der Waals surface area contributed by atoms with Gasteiger partial charge in [0.15, 0.2) is 9.84 Å². The fourth-order valence-electron chi connectivity index (χ4n) is 3.23. The van der Waals surface area contributed by atoms with E-state index in [0.29, 0.717) is 11.1 Å². The molecule has 0 aliphatic rings. The molecular weight excluding hydrogens is 412 g/mol. The lowest BCUT2D eigenvalue weighted by atomic mass is 9.78. The third-order valence-electron chi connectivity index (χ3n) is 4.93. The molecule has 0 aliphatic heterocycles. The first-order chi connectivity index (χ1) is 14.1. The number of halogens is 2. The SMILES string of the molecule is C[C@H](c1ccc(C=CS(C)(=O)=O)cc1)[C@@](O)(Cn1cncn1)c1ccc(F)cc1F. The second-order valence-corrected chi connectivity index (χ2v) is 9.09. The van der Waals surface area contributed by atoms with E-state index in [1.807, 2.05) is 0 Å². The van der Waals surface area contributed by atoms with Crippen LogP contribution in [0.4, 0.5) is 8.78 Å². The predicted octanol–water partition coefficient (Wildman–Crippen LogP) is 3.26. The summed E-state index contributed by atoms with van der Waals surface area (Å²) in [6.45, 7) is 1.62. The van der Waals surface area contributed by atoms with Gasteiger partial charge < -0.3 is 5.11 Å². The van der Waals surface area contributed by atoms with E-state index in [-0.39, 0.29) is 12.1 Å². The minimum absolute atomic E-state index is 0.0621. The molecule has 0 aliphatic carbocycles. The molecule has 0 amide bonds. The molecule has 3 rings (SSSR count). The minimum atomic E-state index is -3.25. The van der Waals surface area contributed by atoms with E-state index in [2.05, 4.69) is 10.1 Å². The van der Waals surface area contributed by atoms with Crippen molar-refractivity contribution in [3.8, 4) is 0 Å². The van der Waals surface area contributed by atoms with Gasteiger partial charge in [-0.05, 0) is 23.3 Å². The molecule has 0 spiro atoms. The van der Waals surface area contributed by atoms with Gasteiger partial charge in [-0.2, -0.15) is 5.10 Å². The number of rotatable bonds is 7. The zero-order valence-electron chi connectivity index (χ0n) is 16.4. The number of hydrogen-bond donors (Lipinski definition) is 1. The van der Waals surface area contributed by atoms with Crippen LogP contribution in [0.15, 0.2) is 60.5 Å². The average molecular weight is 433 g/mol. The van der Waals surface area contributed by atoms with Gasteiger partial charge in [-0.3, -0.25) is 0 Å². The standard InChI is InChI=1S/C21H21F2N3O3S/c1-15(17-5-3-16(4-6-17)9-10-30(2,28)29)21(27,12-26-14-24-13-25-26)19-8-7-18(22)11-20(19)23/h3-11,13-15,27H,12H2,1-2H3/t15-,21+/m1/s1. The first-order valence-electron chi connectivity index (χ1n) is 9.07. The minimum Gasteiger partial charge on any atom is -0.382 e. The van der Waals surface area contributed by atoms with E-state index in [1.54, 1.807) is 31.2 Å². The maximum Gasteiger partial charge on any atom is 0.168 e. The maximum atomic E-state index is 14.6. The van der Waals surface area contributed by atoms with Crippen LogP contribution in [0, 0.1) is 11.6 Å². The molecule has 0 bridgehead atoms. The number of aromatic nitrogens is 3. The normalized spacial score (nSPS) is 15.2. The van der Waals surface area contributed by atoms with Gasteiger partial charge in [0.2, 0.25) is 0 Å². The highest BCUT2D eigenvalue weighted by molar-refractivity contribution is 7.93. The summed E-state index contributed by atoms with van der Waals surface area (Å²) in [5.74, 6) is -2.22. The van der Waals surface area contributed by atoms with Crippen molar-refractivity contribution in [3.63, 3.8) is 0 Å². The zero-order chi connectivity index (χ0) is 21.9. The van der Waals surface area contributed by atoms with Gasteiger partial charge in [0.25, 0.3) is 0 Å². The Kier molecular flexibility index (Phi) is 6.14. The Morgan fingerprint density at radius 2 is 1.90 bits per heavy atom. The molecule has 1 heterocycles. The fraction of sp³-hybridized carbons (Fsp3) is 0.238. The van der Waals surface area contributed by atoms with Crippen LogP contribution in [0.1, 0.15) is 29.5 Å². The number of sulfone groups is 1. The third kappa shape index (κ3) is 4.98. The Hall–Kier alpha value is -2.91. The molecule has 6 nitrogen and oxygen atoms in total. The molecule has 0 radical (unpaired) electrons. The molecule has 9 heteroatoms. The molecule has 2 aromatic carbocycles. The summed E-state index contributed by atoms with van der Waals surface area (Å²) >= 11 is 0. The molecule has 1 N–H and O–H groups in total. The lowest BCUT2D eigenvalue weighted by Crippen LogP contribution is -2.38. The van der Waals surface area contributed by atoms with Gasteiger partial charge in [0, 0.05) is 29.2 Å². The summed E-state index contributed by atoms with van der Waals surface area (Å²) in [7, 11) is -3.25. The summed E-state index contributed by atoms with van der Waals surface area (Å²) in [4.78, 5) is 3.85. The Balaban J connectivity index is 2.00. The number of aliphatic hydroxyl groups is 1. The highest BCUT2D eigenvalue weighted by Crippen LogP contribution is 2.39. The van der Waals surface area contributed by atoms with Crippen LogP contribution in [0.2, 0.25) is 0 Å². The summed E-state index contributed by atoms with van der Waals surface area (Å²) in [6, 6.07) is 9.89. The molecule has 158 valence electrons. The van der Waals surface area contributed by atoms with E-state index >= 15 is 0 Å². The number of hydrogen-bond acceptors (Lipinski definition) is 5. The zero-order valence-corrected chi connectivity index (χ0v) is 17.2. The van der Waals surface area contributed by atoms with Crippen molar-refractivity contribution in [1.82, 2.24) is 14.8 Å². The van der Waals surface area contributed by atoms with Crippen molar-refractivity contribution in [3.05, 3.63) is 88.9 Å². The molecule has 0 saturated carbocycles. The first kappa shape index (κ1) is 21.8. The van der Waals surface area contributed by atoms with Crippen LogP contribution in [0.3, 0.4) is 0 Å². The van der Waals surface area contributed by atoms with Gasteiger partial charge in [-0.1, -0.05) is 37.3 Å². The van der Waals surface area contributed by atoms with E-state index in [4.69, 9.17) is 0 Å². The lowest BCUT2D eigenvalue weighted by molar-refractivity contribution is -0.0112. The third-order valence-corrected chi connectivity index (χ3v) is 5.56. The Morgan fingerprint density at radius 1 is 1.20 bits per heavy atom. The topological polar surface area (TPSA) is 85.1 Å². The molecule has 0 unspecified atom stereocenters. The van der Waals surface area contributed by atoms with E-state index in [1.165, 1.54) is 29.5 Å². The van der Waals surface area contributed by atoms with Gasteiger partial charge >= 0.3 is 0 Å². The van der Waals surface area contributed by atoms with Crippen LogP contribution < -0.4 is 0 Å². The monoisotopic (exact) mass is 433 g/mol. The number of nitrogens with zero attached hydrogens (tertiary/aromatic N) is 3. The molecular formula is C21H21F2N3O3S. The van der Waals surface area contributed by atoms with Crippen molar-refractivity contribution in [2.24, 2.45) is 0 Å². The van der Waals surface area contributed by atoms with Gasteiger partial charge in [0.05, 0.1) is 6.54 Å². The summed E-state index contributed by atoms with van der Waals surface area (Å²) in [5, 5.41) is 16.7. The summed E-state index contributed by atoms with van der Waals surface area (Å²) < 4.78 is 52.0. The van der Waals surface area contributed by atoms with Gasteiger partial charge in [-0.25, -0.2) is 26.9 Å². The molecule has 2 atom stereocenters. The predicted molar refractivity (Wildman–Crippen MR) is 109 cm³/mol. The maximum absolute atomic E-state index is 14.6. The Morgan fingerprint density at radius 3 is 2.47 bits per heavy atom. The van der Waals surface area contributed by atoms with E-state index in [0.717, 1.165) is 23.8 Å². The van der Waals surface area contributed by atoms with Gasteiger partial charge in [0.1, 0.15) is 29.9 Å². The second-order valence-electron chi connectivity index (χ2n) is 7.16. The van der Waals surface area contributed by atoms with Crippen LogP contribution in [-0.4, -0.2) is 34.5 Å². The second kappa shape index (κ2) is 8.45. The summed E-state index contributed by atoms with van der Waals surface area (Å²) in [6.07, 6.45) is 5.26. The Bertz CT molecular complexity index is 1150. The van der Waals surface area contributed by atoms with Crippen molar-refractivity contribution in [1.29, 1.82) is 0 Å². The molecule has 30 heavy (non-hydrogen) atoms.